The first-order valence-corrected chi connectivity index (χ1v) is 6.70. The van der Waals surface area contributed by atoms with E-state index in [2.05, 4.69) is 4.99 Å². The van der Waals surface area contributed by atoms with Gasteiger partial charge < -0.3 is 15.7 Å². The maximum Gasteiger partial charge on any atom is 0.196 e. The molecule has 0 aliphatic carbocycles. The van der Waals surface area contributed by atoms with Crippen LogP contribution in [0.4, 0.5) is 10.1 Å². The van der Waals surface area contributed by atoms with Crippen LogP contribution in [0.1, 0.15) is 17.2 Å². The number of rotatable bonds is 2. The lowest BCUT2D eigenvalue weighted by atomic mass is 10.0. The molecule has 0 radical (unpaired) electrons. The summed E-state index contributed by atoms with van der Waals surface area (Å²) in [7, 11) is 0. The molecular formula is C16H16FN3O. The van der Waals surface area contributed by atoms with E-state index in [1.165, 1.54) is 6.07 Å². The van der Waals surface area contributed by atoms with Gasteiger partial charge in [0.25, 0.3) is 0 Å². The fourth-order valence-electron chi connectivity index (χ4n) is 2.56. The van der Waals surface area contributed by atoms with Crippen molar-refractivity contribution in [1.29, 1.82) is 0 Å². The minimum absolute atomic E-state index is 0.0978. The van der Waals surface area contributed by atoms with Crippen molar-refractivity contribution in [1.82, 2.24) is 0 Å². The molecule has 3 N–H and O–H groups in total. The van der Waals surface area contributed by atoms with Crippen LogP contribution in [0.2, 0.25) is 0 Å². The maximum absolute atomic E-state index is 13.5. The molecule has 0 bridgehead atoms. The van der Waals surface area contributed by atoms with E-state index in [-0.39, 0.29) is 11.8 Å². The number of nitrogens with zero attached hydrogens (tertiary/aromatic N) is 2. The molecule has 0 aromatic heterocycles. The molecular weight excluding hydrogens is 269 g/mol. The van der Waals surface area contributed by atoms with E-state index < -0.39 is 5.82 Å². The summed E-state index contributed by atoms with van der Waals surface area (Å²) in [6.07, 6.45) is 0. The quantitative estimate of drug-likeness (QED) is 0.892. The van der Waals surface area contributed by atoms with Gasteiger partial charge in [0, 0.05) is 11.8 Å². The average Bonchev–Trinajstić information content (AvgIpc) is 2.80. The molecule has 108 valence electrons. The third-order valence-corrected chi connectivity index (χ3v) is 3.59. The van der Waals surface area contributed by atoms with Crippen molar-refractivity contribution in [3.05, 3.63) is 59.4 Å². The Morgan fingerprint density at radius 3 is 2.62 bits per heavy atom. The summed E-state index contributed by atoms with van der Waals surface area (Å²) in [6, 6.07) is 11.7. The number of hydrogen-bond donors (Lipinski definition) is 2. The average molecular weight is 285 g/mol. The Balaban J connectivity index is 2.00. The van der Waals surface area contributed by atoms with Crippen molar-refractivity contribution >= 4 is 11.6 Å². The van der Waals surface area contributed by atoms with Crippen LogP contribution in [0.3, 0.4) is 0 Å². The first kappa shape index (κ1) is 13.4. The van der Waals surface area contributed by atoms with Gasteiger partial charge in [0.1, 0.15) is 11.6 Å². The Morgan fingerprint density at radius 2 is 1.95 bits per heavy atom. The fourth-order valence-corrected chi connectivity index (χ4v) is 2.56. The number of aliphatic imine (C=N–C) groups is 1. The van der Waals surface area contributed by atoms with Crippen LogP contribution < -0.4 is 10.6 Å². The largest absolute Gasteiger partial charge is 0.508 e. The van der Waals surface area contributed by atoms with Crippen molar-refractivity contribution in [2.24, 2.45) is 10.7 Å². The van der Waals surface area contributed by atoms with Gasteiger partial charge in [-0.3, -0.25) is 4.99 Å². The summed E-state index contributed by atoms with van der Waals surface area (Å²) in [5.74, 6) is -0.175. The summed E-state index contributed by atoms with van der Waals surface area (Å²) in [5, 5.41) is 9.59. The Bertz CT molecular complexity index is 677. The lowest BCUT2D eigenvalue weighted by Gasteiger charge is -2.27. The highest BCUT2D eigenvalue weighted by molar-refractivity contribution is 5.97. The van der Waals surface area contributed by atoms with Gasteiger partial charge in [0.2, 0.25) is 0 Å². The maximum atomic E-state index is 13.5. The van der Waals surface area contributed by atoms with Crippen molar-refractivity contribution in [2.45, 2.75) is 13.0 Å². The lowest BCUT2D eigenvalue weighted by molar-refractivity contribution is 0.467. The molecule has 0 saturated carbocycles. The van der Waals surface area contributed by atoms with Crippen LogP contribution in [0.5, 0.6) is 5.75 Å². The van der Waals surface area contributed by atoms with Gasteiger partial charge in [0.15, 0.2) is 5.96 Å². The summed E-state index contributed by atoms with van der Waals surface area (Å²) in [5.41, 5.74) is 8.67. The second-order valence-corrected chi connectivity index (χ2v) is 5.16. The molecule has 21 heavy (non-hydrogen) atoms. The van der Waals surface area contributed by atoms with Gasteiger partial charge in [-0.25, -0.2) is 4.39 Å². The summed E-state index contributed by atoms with van der Waals surface area (Å²) < 4.78 is 13.5. The van der Waals surface area contributed by atoms with Gasteiger partial charge in [-0.05, 0) is 36.8 Å². The molecule has 2 aromatic rings. The zero-order valence-corrected chi connectivity index (χ0v) is 11.6. The zero-order chi connectivity index (χ0) is 15.0. The summed E-state index contributed by atoms with van der Waals surface area (Å²) in [6.45, 7) is 2.44. The Hall–Kier alpha value is -2.56. The van der Waals surface area contributed by atoms with Crippen LogP contribution >= 0.6 is 0 Å². The van der Waals surface area contributed by atoms with Gasteiger partial charge in [-0.1, -0.05) is 17.7 Å². The Labute approximate surface area is 122 Å². The molecule has 3 rings (SSSR count). The van der Waals surface area contributed by atoms with Crippen LogP contribution in [-0.4, -0.2) is 17.6 Å². The molecule has 1 unspecified atom stereocenters. The lowest BCUT2D eigenvalue weighted by Crippen LogP contribution is -2.36. The van der Waals surface area contributed by atoms with Crippen molar-refractivity contribution in [2.75, 3.05) is 11.4 Å². The normalized spacial score (nSPS) is 17.9. The first-order valence-electron chi connectivity index (χ1n) is 6.70. The highest BCUT2D eigenvalue weighted by Gasteiger charge is 2.29. The Kier molecular flexibility index (Phi) is 3.25. The molecule has 1 aliphatic heterocycles. The SMILES string of the molecule is Cc1ccc(N2C(N)=NCC2c2cc(O)cc(F)c2)cc1. The number of benzene rings is 2. The van der Waals surface area contributed by atoms with E-state index in [9.17, 15) is 9.50 Å². The molecule has 1 heterocycles. The second kappa shape index (κ2) is 5.09. The topological polar surface area (TPSA) is 61.8 Å². The molecule has 0 spiro atoms. The van der Waals surface area contributed by atoms with Gasteiger partial charge in [0.05, 0.1) is 12.6 Å². The molecule has 0 fully saturated rings. The van der Waals surface area contributed by atoms with Gasteiger partial charge in [-0.15, -0.1) is 0 Å². The molecule has 1 atom stereocenters. The zero-order valence-electron chi connectivity index (χ0n) is 11.6. The predicted octanol–water partition coefficient (Wildman–Crippen LogP) is 2.72. The number of halogens is 1. The molecule has 5 heteroatoms. The van der Waals surface area contributed by atoms with E-state index in [1.54, 1.807) is 6.07 Å². The molecule has 4 nitrogen and oxygen atoms in total. The van der Waals surface area contributed by atoms with Crippen molar-refractivity contribution in [3.63, 3.8) is 0 Å². The monoisotopic (exact) mass is 285 g/mol. The van der Waals surface area contributed by atoms with Gasteiger partial charge in [-0.2, -0.15) is 0 Å². The van der Waals surface area contributed by atoms with E-state index >= 15 is 0 Å². The summed E-state index contributed by atoms with van der Waals surface area (Å²) in [4.78, 5) is 6.10. The van der Waals surface area contributed by atoms with Gasteiger partial charge >= 0.3 is 0 Å². The number of anilines is 1. The Morgan fingerprint density at radius 1 is 1.24 bits per heavy atom. The van der Waals surface area contributed by atoms with Crippen molar-refractivity contribution in [3.8, 4) is 5.75 Å². The number of aryl methyl sites for hydroxylation is 1. The molecule has 2 aromatic carbocycles. The number of nitrogens with two attached hydrogens (primary N) is 1. The second-order valence-electron chi connectivity index (χ2n) is 5.16. The van der Waals surface area contributed by atoms with Crippen LogP contribution in [0.25, 0.3) is 0 Å². The number of phenolic OH excluding ortho intramolecular Hbond substituents is 1. The molecule has 0 amide bonds. The minimum Gasteiger partial charge on any atom is -0.508 e. The highest BCUT2D eigenvalue weighted by atomic mass is 19.1. The van der Waals surface area contributed by atoms with E-state index in [0.29, 0.717) is 18.1 Å². The van der Waals surface area contributed by atoms with Crippen molar-refractivity contribution < 1.29 is 9.50 Å². The molecule has 1 aliphatic rings. The summed E-state index contributed by atoms with van der Waals surface area (Å²) >= 11 is 0. The predicted molar refractivity (Wildman–Crippen MR) is 81.0 cm³/mol. The number of hydrogen-bond acceptors (Lipinski definition) is 4. The third-order valence-electron chi connectivity index (χ3n) is 3.59. The standard InChI is InChI=1S/C16H16FN3O/c1-10-2-4-13(5-3-10)20-15(9-19-16(20)18)11-6-12(17)8-14(21)7-11/h2-8,15,21H,9H2,1H3,(H2,18,19). The van der Waals surface area contributed by atoms with E-state index in [1.807, 2.05) is 36.1 Å². The third kappa shape index (κ3) is 2.54. The fraction of sp³-hybridized carbons (Fsp3) is 0.188. The number of guanidine groups is 1. The molecule has 0 saturated heterocycles. The van der Waals surface area contributed by atoms with Crippen LogP contribution in [0.15, 0.2) is 47.5 Å². The number of aromatic hydroxyl groups is 1. The minimum atomic E-state index is -0.473. The number of phenols is 1. The first-order chi connectivity index (χ1) is 10.0. The van der Waals surface area contributed by atoms with E-state index in [4.69, 9.17) is 5.73 Å². The smallest absolute Gasteiger partial charge is 0.196 e. The van der Waals surface area contributed by atoms with Crippen LogP contribution in [-0.2, 0) is 0 Å². The highest BCUT2D eigenvalue weighted by Crippen LogP contribution is 2.33. The van der Waals surface area contributed by atoms with Crippen LogP contribution in [0, 0.1) is 12.7 Å². The van der Waals surface area contributed by atoms with E-state index in [0.717, 1.165) is 17.3 Å².